The lowest BCUT2D eigenvalue weighted by atomic mass is 10.2. The predicted octanol–water partition coefficient (Wildman–Crippen LogP) is 2.16. The van der Waals surface area contributed by atoms with Crippen LogP contribution in [0.2, 0.25) is 0 Å². The van der Waals surface area contributed by atoms with Gasteiger partial charge in [0.05, 0.1) is 29.0 Å². The maximum atomic E-state index is 10.8. The van der Waals surface area contributed by atoms with E-state index in [2.05, 4.69) is 15.3 Å². The van der Waals surface area contributed by atoms with E-state index in [0.29, 0.717) is 18.1 Å². The van der Waals surface area contributed by atoms with Crippen LogP contribution in [0.3, 0.4) is 0 Å². The van der Waals surface area contributed by atoms with Gasteiger partial charge in [-0.2, -0.15) is 0 Å². The third-order valence-corrected chi connectivity index (χ3v) is 2.89. The summed E-state index contributed by atoms with van der Waals surface area (Å²) < 4.78 is 0. The van der Waals surface area contributed by atoms with E-state index < -0.39 is 5.97 Å². The number of thiazole rings is 1. The van der Waals surface area contributed by atoms with Gasteiger partial charge < -0.3 is 10.4 Å². The highest BCUT2D eigenvalue weighted by molar-refractivity contribution is 7.07. The van der Waals surface area contributed by atoms with Crippen molar-refractivity contribution in [3.63, 3.8) is 0 Å². The Morgan fingerprint density at radius 3 is 2.94 bits per heavy atom. The van der Waals surface area contributed by atoms with E-state index in [1.807, 2.05) is 5.38 Å². The number of carbonyl (C=O) groups is 1. The number of hydrogen-bond donors (Lipinski definition) is 2. The van der Waals surface area contributed by atoms with E-state index in [1.54, 1.807) is 24.6 Å². The van der Waals surface area contributed by atoms with Crippen LogP contribution in [0.4, 0.5) is 5.82 Å². The van der Waals surface area contributed by atoms with Gasteiger partial charge in [0, 0.05) is 5.38 Å². The molecule has 0 aliphatic rings. The molecule has 0 bridgehead atoms. The van der Waals surface area contributed by atoms with Crippen LogP contribution < -0.4 is 5.32 Å². The van der Waals surface area contributed by atoms with Crippen LogP contribution in [0.5, 0.6) is 0 Å². The Hall–Kier alpha value is -1.95. The van der Waals surface area contributed by atoms with Crippen molar-refractivity contribution in [3.05, 3.63) is 40.0 Å². The Morgan fingerprint density at radius 1 is 1.53 bits per heavy atom. The van der Waals surface area contributed by atoms with Crippen LogP contribution in [0, 0.1) is 6.92 Å². The van der Waals surface area contributed by atoms with E-state index in [0.717, 1.165) is 5.69 Å². The van der Waals surface area contributed by atoms with Crippen molar-refractivity contribution in [2.24, 2.45) is 0 Å². The van der Waals surface area contributed by atoms with Crippen molar-refractivity contribution in [3.8, 4) is 0 Å². The Labute approximate surface area is 102 Å². The van der Waals surface area contributed by atoms with Crippen molar-refractivity contribution in [1.29, 1.82) is 0 Å². The minimum absolute atomic E-state index is 0.226. The standard InChI is InChI=1S/C11H11N3O2S/c1-7-9(11(15)16)2-3-10(14-7)12-4-8-5-17-6-13-8/h2-3,5-6H,4H2,1H3,(H,12,14)(H,15,16). The third kappa shape index (κ3) is 2.79. The van der Waals surface area contributed by atoms with E-state index in [1.165, 1.54) is 11.3 Å². The molecule has 0 saturated carbocycles. The minimum atomic E-state index is -0.957. The molecule has 5 nitrogen and oxygen atoms in total. The van der Waals surface area contributed by atoms with Gasteiger partial charge in [-0.05, 0) is 19.1 Å². The first-order chi connectivity index (χ1) is 8.16. The second-order valence-corrected chi connectivity index (χ2v) is 4.19. The van der Waals surface area contributed by atoms with Gasteiger partial charge in [-0.15, -0.1) is 11.3 Å². The van der Waals surface area contributed by atoms with Crippen LogP contribution in [0.15, 0.2) is 23.0 Å². The highest BCUT2D eigenvalue weighted by atomic mass is 32.1. The van der Waals surface area contributed by atoms with Gasteiger partial charge in [-0.1, -0.05) is 0 Å². The SMILES string of the molecule is Cc1nc(NCc2cscn2)ccc1C(=O)O. The lowest BCUT2D eigenvalue weighted by Gasteiger charge is -2.06. The van der Waals surface area contributed by atoms with Gasteiger partial charge in [-0.25, -0.2) is 14.8 Å². The first-order valence-electron chi connectivity index (χ1n) is 4.98. The van der Waals surface area contributed by atoms with Crippen molar-refractivity contribution in [2.45, 2.75) is 13.5 Å². The molecule has 88 valence electrons. The van der Waals surface area contributed by atoms with Crippen molar-refractivity contribution < 1.29 is 9.90 Å². The van der Waals surface area contributed by atoms with Gasteiger partial charge in [0.15, 0.2) is 0 Å². The molecule has 0 aliphatic heterocycles. The predicted molar refractivity (Wildman–Crippen MR) is 65.4 cm³/mol. The van der Waals surface area contributed by atoms with E-state index in [-0.39, 0.29) is 5.56 Å². The highest BCUT2D eigenvalue weighted by Crippen LogP contribution is 2.11. The first kappa shape index (κ1) is 11.5. The molecule has 2 aromatic rings. The molecule has 0 saturated heterocycles. The summed E-state index contributed by atoms with van der Waals surface area (Å²) in [6.07, 6.45) is 0. The molecule has 6 heteroatoms. The molecular formula is C11H11N3O2S. The van der Waals surface area contributed by atoms with Gasteiger partial charge in [-0.3, -0.25) is 0 Å². The molecule has 2 heterocycles. The first-order valence-corrected chi connectivity index (χ1v) is 5.93. The number of anilines is 1. The second kappa shape index (κ2) is 4.92. The smallest absolute Gasteiger partial charge is 0.337 e. The van der Waals surface area contributed by atoms with Gasteiger partial charge in [0.25, 0.3) is 0 Å². The monoisotopic (exact) mass is 249 g/mol. The second-order valence-electron chi connectivity index (χ2n) is 3.47. The molecular weight excluding hydrogens is 238 g/mol. The molecule has 0 unspecified atom stereocenters. The Kier molecular flexibility index (Phi) is 3.34. The third-order valence-electron chi connectivity index (χ3n) is 2.25. The van der Waals surface area contributed by atoms with Crippen LogP contribution in [0.25, 0.3) is 0 Å². The zero-order valence-electron chi connectivity index (χ0n) is 9.17. The highest BCUT2D eigenvalue weighted by Gasteiger charge is 2.08. The Bertz CT molecular complexity index is 526. The zero-order chi connectivity index (χ0) is 12.3. The number of carboxylic acid groups (broad SMARTS) is 1. The molecule has 0 amide bonds. The van der Waals surface area contributed by atoms with Crippen molar-refractivity contribution in [1.82, 2.24) is 9.97 Å². The fourth-order valence-corrected chi connectivity index (χ4v) is 1.95. The number of carboxylic acids is 1. The lowest BCUT2D eigenvalue weighted by Crippen LogP contribution is -2.06. The number of pyridine rings is 1. The number of nitrogens with zero attached hydrogens (tertiary/aromatic N) is 2. The topological polar surface area (TPSA) is 75.1 Å². The number of aromatic nitrogens is 2. The fourth-order valence-electron chi connectivity index (χ4n) is 1.39. The summed E-state index contributed by atoms with van der Waals surface area (Å²) in [5.74, 6) is -0.304. The summed E-state index contributed by atoms with van der Waals surface area (Å²) in [5, 5.41) is 13.9. The average molecular weight is 249 g/mol. The Balaban J connectivity index is 2.07. The number of aromatic carboxylic acids is 1. The van der Waals surface area contributed by atoms with Crippen molar-refractivity contribution in [2.75, 3.05) is 5.32 Å². The minimum Gasteiger partial charge on any atom is -0.478 e. The van der Waals surface area contributed by atoms with Crippen molar-refractivity contribution >= 4 is 23.1 Å². The summed E-state index contributed by atoms with van der Waals surface area (Å²) in [5.41, 5.74) is 3.44. The lowest BCUT2D eigenvalue weighted by molar-refractivity contribution is 0.0695. The molecule has 2 rings (SSSR count). The van der Waals surface area contributed by atoms with E-state index in [9.17, 15) is 4.79 Å². The molecule has 0 spiro atoms. The van der Waals surface area contributed by atoms with Crippen LogP contribution in [0.1, 0.15) is 21.7 Å². The largest absolute Gasteiger partial charge is 0.478 e. The van der Waals surface area contributed by atoms with Gasteiger partial charge in [0.2, 0.25) is 0 Å². The summed E-state index contributed by atoms with van der Waals surface area (Å²) >= 11 is 1.54. The number of aryl methyl sites for hydroxylation is 1. The fraction of sp³-hybridized carbons (Fsp3) is 0.182. The van der Waals surface area contributed by atoms with Crippen LogP contribution in [-0.2, 0) is 6.54 Å². The molecule has 2 aromatic heterocycles. The quantitative estimate of drug-likeness (QED) is 0.868. The number of nitrogens with one attached hydrogen (secondary N) is 1. The molecule has 0 fully saturated rings. The normalized spacial score (nSPS) is 10.2. The zero-order valence-corrected chi connectivity index (χ0v) is 9.99. The molecule has 0 aliphatic carbocycles. The molecule has 2 N–H and O–H groups in total. The maximum absolute atomic E-state index is 10.8. The summed E-state index contributed by atoms with van der Waals surface area (Å²) in [4.78, 5) is 19.1. The van der Waals surface area contributed by atoms with E-state index >= 15 is 0 Å². The molecule has 17 heavy (non-hydrogen) atoms. The summed E-state index contributed by atoms with van der Waals surface area (Å²) in [7, 11) is 0. The summed E-state index contributed by atoms with van der Waals surface area (Å²) in [6, 6.07) is 3.21. The summed E-state index contributed by atoms with van der Waals surface area (Å²) in [6.45, 7) is 2.26. The van der Waals surface area contributed by atoms with E-state index in [4.69, 9.17) is 5.11 Å². The van der Waals surface area contributed by atoms with Gasteiger partial charge >= 0.3 is 5.97 Å². The average Bonchev–Trinajstić information content (AvgIpc) is 2.78. The maximum Gasteiger partial charge on any atom is 0.337 e. The number of rotatable bonds is 4. The number of hydrogen-bond acceptors (Lipinski definition) is 5. The molecule has 0 radical (unpaired) electrons. The molecule has 0 aromatic carbocycles. The van der Waals surface area contributed by atoms with Gasteiger partial charge in [0.1, 0.15) is 5.82 Å². The van der Waals surface area contributed by atoms with Crippen LogP contribution >= 0.6 is 11.3 Å². The van der Waals surface area contributed by atoms with Crippen LogP contribution in [-0.4, -0.2) is 21.0 Å². The Morgan fingerprint density at radius 2 is 2.35 bits per heavy atom. The molecule has 0 atom stereocenters.